The maximum absolute atomic E-state index is 13.1. The molecule has 4 aliphatic carbocycles. The third-order valence-corrected chi connectivity index (χ3v) is 8.27. The van der Waals surface area contributed by atoms with Gasteiger partial charge in [-0.25, -0.2) is 0 Å². The van der Waals surface area contributed by atoms with E-state index in [9.17, 15) is 9.59 Å². The lowest BCUT2D eigenvalue weighted by Crippen LogP contribution is -2.59. The van der Waals surface area contributed by atoms with Crippen molar-refractivity contribution in [2.24, 2.45) is 17.8 Å². The van der Waals surface area contributed by atoms with Gasteiger partial charge in [-0.2, -0.15) is 0 Å². The molecule has 0 aliphatic heterocycles. The van der Waals surface area contributed by atoms with Gasteiger partial charge in [0.15, 0.2) is 0 Å². The molecule has 28 heavy (non-hydrogen) atoms. The van der Waals surface area contributed by atoms with Crippen LogP contribution in [0.3, 0.4) is 0 Å². The van der Waals surface area contributed by atoms with Crippen molar-refractivity contribution in [2.45, 2.75) is 76.8 Å². The molecular formula is C23H30N2O2S. The number of amides is 1. The lowest BCUT2D eigenvalue weighted by Gasteiger charge is -2.56. The molecule has 4 fully saturated rings. The third-order valence-electron chi connectivity index (χ3n) is 7.33. The Hall–Kier alpha value is -1.62. The number of benzene rings is 1. The molecule has 0 spiro atoms. The van der Waals surface area contributed by atoms with Gasteiger partial charge in [-0.15, -0.1) is 0 Å². The van der Waals surface area contributed by atoms with Crippen LogP contribution in [0.4, 0.5) is 0 Å². The van der Waals surface area contributed by atoms with Crippen molar-refractivity contribution in [3.63, 3.8) is 0 Å². The number of aryl methyl sites for hydroxylation is 1. The fourth-order valence-electron chi connectivity index (χ4n) is 6.52. The molecule has 1 aromatic heterocycles. The van der Waals surface area contributed by atoms with Crippen LogP contribution < -0.4 is 10.2 Å². The topological polar surface area (TPSA) is 51.1 Å². The molecule has 1 N–H and O–H groups in total. The van der Waals surface area contributed by atoms with Crippen molar-refractivity contribution in [3.8, 4) is 0 Å². The quantitative estimate of drug-likeness (QED) is 0.700. The van der Waals surface area contributed by atoms with Gasteiger partial charge in [0.2, 0.25) is 0 Å². The number of aromatic nitrogens is 1. The van der Waals surface area contributed by atoms with Crippen molar-refractivity contribution in [1.82, 2.24) is 9.88 Å². The van der Waals surface area contributed by atoms with E-state index in [0.717, 1.165) is 73.0 Å². The van der Waals surface area contributed by atoms with Crippen molar-refractivity contribution >= 4 is 27.5 Å². The first-order valence-corrected chi connectivity index (χ1v) is 11.8. The van der Waals surface area contributed by atoms with Crippen LogP contribution in [0.25, 0.3) is 10.2 Å². The Morgan fingerprint density at radius 1 is 1.14 bits per heavy atom. The predicted molar refractivity (Wildman–Crippen MR) is 114 cm³/mol. The summed E-state index contributed by atoms with van der Waals surface area (Å²) < 4.78 is 2.80. The summed E-state index contributed by atoms with van der Waals surface area (Å²) in [6.45, 7) is 2.94. The number of nitrogens with zero attached hydrogens (tertiary/aromatic N) is 1. The second-order valence-corrected chi connectivity index (χ2v) is 10.6. The summed E-state index contributed by atoms with van der Waals surface area (Å²) in [4.78, 5) is 25.6. The number of hydrogen-bond donors (Lipinski definition) is 1. The second-order valence-electron chi connectivity index (χ2n) is 9.56. The monoisotopic (exact) mass is 398 g/mol. The van der Waals surface area contributed by atoms with E-state index < -0.39 is 0 Å². The normalized spacial score (nSPS) is 30.8. The zero-order valence-electron chi connectivity index (χ0n) is 16.7. The number of rotatable bonds is 6. The fourth-order valence-corrected chi connectivity index (χ4v) is 7.47. The lowest BCUT2D eigenvalue weighted by atomic mass is 9.53. The first-order valence-electron chi connectivity index (χ1n) is 11.0. The van der Waals surface area contributed by atoms with Crippen LogP contribution in [0.1, 0.15) is 75.1 Å². The number of thiazole rings is 1. The average molecular weight is 399 g/mol. The molecule has 4 aliphatic rings. The fraction of sp³-hybridized carbons (Fsp3) is 0.652. The van der Waals surface area contributed by atoms with Gasteiger partial charge in [0, 0.05) is 17.6 Å². The van der Waals surface area contributed by atoms with Gasteiger partial charge < -0.3 is 5.32 Å². The van der Waals surface area contributed by atoms with E-state index in [0.29, 0.717) is 5.56 Å². The largest absolute Gasteiger partial charge is 0.347 e. The van der Waals surface area contributed by atoms with Gasteiger partial charge in [0.1, 0.15) is 0 Å². The van der Waals surface area contributed by atoms with Gasteiger partial charge in [-0.3, -0.25) is 14.2 Å². The Morgan fingerprint density at radius 3 is 2.46 bits per heavy atom. The average Bonchev–Trinajstić information content (AvgIpc) is 2.95. The Bertz CT molecular complexity index is 922. The van der Waals surface area contributed by atoms with E-state index in [1.54, 1.807) is 0 Å². The predicted octanol–water partition coefficient (Wildman–Crippen LogP) is 4.95. The molecule has 1 aromatic carbocycles. The first kappa shape index (κ1) is 18.4. The molecule has 4 saturated carbocycles. The van der Waals surface area contributed by atoms with Crippen LogP contribution in [0.2, 0.25) is 0 Å². The van der Waals surface area contributed by atoms with Crippen LogP contribution in [0, 0.1) is 17.8 Å². The van der Waals surface area contributed by atoms with Crippen LogP contribution >= 0.6 is 11.3 Å². The molecule has 5 heteroatoms. The van der Waals surface area contributed by atoms with E-state index in [-0.39, 0.29) is 16.3 Å². The van der Waals surface area contributed by atoms with E-state index in [1.165, 1.54) is 30.6 Å². The summed E-state index contributed by atoms with van der Waals surface area (Å²) in [7, 11) is 0. The Balaban J connectivity index is 1.36. The number of hydrogen-bond acceptors (Lipinski definition) is 3. The molecule has 2 aromatic rings. The molecule has 4 bridgehead atoms. The number of fused-ring (bicyclic) bond motifs is 1. The SMILES string of the molecule is CCCCCn1c(=O)sc2cc(C(=O)NC34CC5CC(CC(C5)C3)C4)ccc21. The summed E-state index contributed by atoms with van der Waals surface area (Å²) in [5, 5.41) is 3.45. The number of unbranched alkanes of at least 4 members (excludes halogenated alkanes) is 2. The highest BCUT2D eigenvalue weighted by molar-refractivity contribution is 7.16. The standard InChI is InChI=1S/C23H30N2O2S/c1-2-3-4-7-25-19-6-5-18(11-20(19)28-22(25)27)21(26)24-23-12-15-8-16(13-23)10-17(9-15)14-23/h5-6,11,15-17H,2-4,7-10,12-14H2,1H3,(H,24,26). The maximum atomic E-state index is 13.1. The van der Waals surface area contributed by atoms with E-state index in [2.05, 4.69) is 12.2 Å². The molecule has 1 heterocycles. The van der Waals surface area contributed by atoms with Crippen LogP contribution in [-0.4, -0.2) is 16.0 Å². The molecule has 1 amide bonds. The van der Waals surface area contributed by atoms with Crippen molar-refractivity contribution in [2.75, 3.05) is 0 Å². The third kappa shape index (κ3) is 3.22. The van der Waals surface area contributed by atoms with E-state index in [1.807, 2.05) is 22.8 Å². The Morgan fingerprint density at radius 2 is 1.82 bits per heavy atom. The lowest BCUT2D eigenvalue weighted by molar-refractivity contribution is -0.0166. The van der Waals surface area contributed by atoms with Gasteiger partial charge in [0.25, 0.3) is 5.91 Å². The highest BCUT2D eigenvalue weighted by Gasteiger charge is 2.51. The molecule has 0 radical (unpaired) electrons. The van der Waals surface area contributed by atoms with Crippen molar-refractivity contribution in [3.05, 3.63) is 33.4 Å². The number of carbonyl (C=O) groups excluding carboxylic acids is 1. The summed E-state index contributed by atoms with van der Waals surface area (Å²) in [6, 6.07) is 5.79. The second kappa shape index (κ2) is 7.01. The summed E-state index contributed by atoms with van der Waals surface area (Å²) in [5.41, 5.74) is 1.70. The van der Waals surface area contributed by atoms with Gasteiger partial charge in [0.05, 0.1) is 10.2 Å². The van der Waals surface area contributed by atoms with Crippen LogP contribution in [0.15, 0.2) is 23.0 Å². The van der Waals surface area contributed by atoms with Crippen LogP contribution in [0.5, 0.6) is 0 Å². The Kier molecular flexibility index (Phi) is 4.61. The van der Waals surface area contributed by atoms with Crippen LogP contribution in [-0.2, 0) is 6.54 Å². The maximum Gasteiger partial charge on any atom is 0.308 e. The number of carbonyl (C=O) groups is 1. The molecule has 150 valence electrons. The zero-order chi connectivity index (χ0) is 19.3. The minimum absolute atomic E-state index is 0.0278. The van der Waals surface area contributed by atoms with E-state index >= 15 is 0 Å². The van der Waals surface area contributed by atoms with Gasteiger partial charge in [-0.05, 0) is 80.9 Å². The first-order chi connectivity index (χ1) is 13.5. The smallest absolute Gasteiger partial charge is 0.308 e. The molecule has 0 atom stereocenters. The number of nitrogens with one attached hydrogen (secondary N) is 1. The van der Waals surface area contributed by atoms with Gasteiger partial charge in [-0.1, -0.05) is 31.1 Å². The van der Waals surface area contributed by atoms with Crippen molar-refractivity contribution < 1.29 is 4.79 Å². The highest BCUT2D eigenvalue weighted by Crippen LogP contribution is 2.55. The summed E-state index contributed by atoms with van der Waals surface area (Å²) in [5.74, 6) is 2.49. The van der Waals surface area contributed by atoms with Gasteiger partial charge >= 0.3 is 4.87 Å². The summed E-state index contributed by atoms with van der Waals surface area (Å²) in [6.07, 6.45) is 10.9. The minimum Gasteiger partial charge on any atom is -0.347 e. The molecule has 6 rings (SSSR count). The molecular weight excluding hydrogens is 368 g/mol. The van der Waals surface area contributed by atoms with E-state index in [4.69, 9.17) is 0 Å². The zero-order valence-corrected chi connectivity index (χ0v) is 17.5. The Labute approximate surface area is 170 Å². The molecule has 0 saturated heterocycles. The van der Waals surface area contributed by atoms with Crippen molar-refractivity contribution in [1.29, 1.82) is 0 Å². The molecule has 4 nitrogen and oxygen atoms in total. The highest BCUT2D eigenvalue weighted by atomic mass is 32.1. The summed E-state index contributed by atoms with van der Waals surface area (Å²) >= 11 is 1.27. The minimum atomic E-state index is 0.0278. The molecule has 0 unspecified atom stereocenters.